The minimum atomic E-state index is -4.38. The van der Waals surface area contributed by atoms with Gasteiger partial charge in [-0.2, -0.15) is 0 Å². The zero-order valence-corrected chi connectivity index (χ0v) is 35.3. The van der Waals surface area contributed by atoms with E-state index in [9.17, 15) is 19.0 Å². The molecule has 0 aromatic heterocycles. The first-order valence-electron chi connectivity index (χ1n) is 21.8. The molecule has 0 fully saturated rings. The van der Waals surface area contributed by atoms with E-state index in [1.54, 1.807) is 0 Å². The van der Waals surface area contributed by atoms with E-state index in [1.807, 2.05) is 21.1 Å². The van der Waals surface area contributed by atoms with Crippen LogP contribution in [-0.2, 0) is 32.7 Å². The molecule has 0 bridgehead atoms. The van der Waals surface area contributed by atoms with Gasteiger partial charge < -0.3 is 18.9 Å². The quantitative estimate of drug-likeness (QED) is 0.0165. The molecule has 9 nitrogen and oxygen atoms in total. The third-order valence-electron chi connectivity index (χ3n) is 9.14. The Hall–Kier alpha value is -1.25. The summed E-state index contributed by atoms with van der Waals surface area (Å²) in [7, 11) is 1.45. The SMILES string of the molecule is [2H]C(CCCCCC)[13CH2]/C=C\CCCCCCCC(=O)O[C@H](COC(=O)CCCCCCCCCCCCCCC)COP(=O)(O)OCC[N+](C)(C)C. The minimum Gasteiger partial charge on any atom is -0.462 e. The molecular weight excluding hydrogens is 678 g/mol. The summed E-state index contributed by atoms with van der Waals surface area (Å²) in [6.07, 6.45) is 32.2. The zero-order valence-electron chi connectivity index (χ0n) is 35.4. The standard InChI is InChI=1S/C42H82NO8P/c1-6-8-10-12-14-16-18-20-21-23-25-27-29-31-33-35-42(45)51-40(39-50-52(46,47)49-37-36-43(3,4)5)38-48-41(44)34-32-30-28-26-24-22-19-17-15-13-11-9-7-2/h20-21,40H,6-19,22-39H2,1-5H3/p+1/b21-20-/t40-/m1/s1/i16D,18+1/t16?,40-. The van der Waals surface area contributed by atoms with Gasteiger partial charge in [-0.25, -0.2) is 4.57 Å². The number of ether oxygens (including phenoxy) is 2. The molecule has 0 aromatic rings. The maximum Gasteiger partial charge on any atom is 0.472 e. The molecule has 10 heteroatoms. The Morgan fingerprint density at radius 3 is 1.63 bits per heavy atom. The number of likely N-dealkylation sites (N-methyl/N-ethyl adjacent to an activating group) is 1. The van der Waals surface area contributed by atoms with Gasteiger partial charge in [0, 0.05) is 14.2 Å². The van der Waals surface area contributed by atoms with Crippen molar-refractivity contribution in [2.75, 3.05) is 47.5 Å². The number of quaternary nitrogens is 1. The van der Waals surface area contributed by atoms with Crippen molar-refractivity contribution < 1.29 is 43.4 Å². The first-order chi connectivity index (χ1) is 25.4. The van der Waals surface area contributed by atoms with E-state index in [1.165, 1.54) is 83.5 Å². The molecule has 0 aliphatic heterocycles. The summed E-state index contributed by atoms with van der Waals surface area (Å²) in [5, 5.41) is 0. The van der Waals surface area contributed by atoms with Gasteiger partial charge in [0.2, 0.25) is 0 Å². The second-order valence-corrected chi connectivity index (χ2v) is 17.0. The topological polar surface area (TPSA) is 108 Å². The number of unbranched alkanes of at least 4 members (excludes halogenated alkanes) is 20. The molecule has 0 saturated carbocycles. The first-order valence-corrected chi connectivity index (χ1v) is 22.7. The lowest BCUT2D eigenvalue weighted by Crippen LogP contribution is -2.37. The second kappa shape index (κ2) is 35.5. The van der Waals surface area contributed by atoms with Crippen LogP contribution in [0.2, 0.25) is 0 Å². The maximum absolute atomic E-state index is 12.7. The van der Waals surface area contributed by atoms with E-state index in [-0.39, 0.29) is 38.4 Å². The third-order valence-corrected chi connectivity index (χ3v) is 10.1. The predicted molar refractivity (Wildman–Crippen MR) is 215 cm³/mol. The van der Waals surface area contributed by atoms with Gasteiger partial charge >= 0.3 is 19.8 Å². The van der Waals surface area contributed by atoms with E-state index < -0.39 is 26.5 Å². The van der Waals surface area contributed by atoms with Gasteiger partial charge in [0.25, 0.3) is 0 Å². The number of esters is 2. The van der Waals surface area contributed by atoms with Gasteiger partial charge in [-0.15, -0.1) is 0 Å². The molecule has 308 valence electrons. The van der Waals surface area contributed by atoms with Gasteiger partial charge in [-0.05, 0) is 38.5 Å². The van der Waals surface area contributed by atoms with E-state index in [0.717, 1.165) is 70.6 Å². The highest BCUT2D eigenvalue weighted by Crippen LogP contribution is 2.43. The van der Waals surface area contributed by atoms with Crippen molar-refractivity contribution in [1.29, 1.82) is 0 Å². The van der Waals surface area contributed by atoms with Crippen LogP contribution in [0, 0.1) is 0 Å². The Bertz CT molecular complexity index is 945. The number of phosphoric acid groups is 1. The highest BCUT2D eigenvalue weighted by molar-refractivity contribution is 7.47. The highest BCUT2D eigenvalue weighted by Gasteiger charge is 2.27. The first kappa shape index (κ1) is 48.8. The molecule has 2 unspecified atom stereocenters. The molecule has 0 amide bonds. The van der Waals surface area contributed by atoms with Crippen LogP contribution in [0.15, 0.2) is 12.2 Å². The van der Waals surface area contributed by atoms with Crippen LogP contribution in [0.5, 0.6) is 0 Å². The van der Waals surface area contributed by atoms with Gasteiger partial charge in [0.1, 0.15) is 19.8 Å². The summed E-state index contributed by atoms with van der Waals surface area (Å²) in [5.74, 6) is -0.829. The Labute approximate surface area is 322 Å². The van der Waals surface area contributed by atoms with Gasteiger partial charge in [-0.3, -0.25) is 18.6 Å². The fourth-order valence-corrected chi connectivity index (χ4v) is 6.50. The van der Waals surface area contributed by atoms with Crippen molar-refractivity contribution in [3.63, 3.8) is 0 Å². The van der Waals surface area contributed by atoms with Gasteiger partial charge in [0.15, 0.2) is 6.10 Å². The van der Waals surface area contributed by atoms with E-state index in [4.69, 9.17) is 19.9 Å². The molecule has 52 heavy (non-hydrogen) atoms. The summed E-state index contributed by atoms with van der Waals surface area (Å²) in [6, 6.07) is 0. The van der Waals surface area contributed by atoms with E-state index in [2.05, 4.69) is 26.0 Å². The smallest absolute Gasteiger partial charge is 0.462 e. The third kappa shape index (κ3) is 38.5. The zero-order chi connectivity index (χ0) is 39.5. The Morgan fingerprint density at radius 2 is 1.10 bits per heavy atom. The van der Waals surface area contributed by atoms with Crippen LogP contribution < -0.4 is 0 Å². The monoisotopic (exact) mass is 763 g/mol. The predicted octanol–water partition coefficient (Wildman–Crippen LogP) is 11.8. The number of allylic oxidation sites excluding steroid dienone is 2. The lowest BCUT2D eigenvalue weighted by molar-refractivity contribution is -0.870. The molecule has 0 rings (SSSR count). The molecule has 0 aliphatic carbocycles. The average molecular weight is 763 g/mol. The summed E-state index contributed by atoms with van der Waals surface area (Å²) in [6.45, 7) is 4.33. The Kier molecular flexibility index (Phi) is 33.2. The highest BCUT2D eigenvalue weighted by atomic mass is 31.2. The van der Waals surface area contributed by atoms with Gasteiger partial charge in [0.05, 0.1) is 27.7 Å². The molecule has 0 spiro atoms. The Morgan fingerprint density at radius 1 is 0.635 bits per heavy atom. The molecule has 0 aromatic carbocycles. The van der Waals surface area contributed by atoms with Crippen molar-refractivity contribution in [3.05, 3.63) is 12.2 Å². The minimum absolute atomic E-state index is 0.00861. The fraction of sp³-hybridized carbons (Fsp3) is 0.905. The van der Waals surface area contributed by atoms with Crippen LogP contribution in [0.1, 0.15) is 195 Å². The summed E-state index contributed by atoms with van der Waals surface area (Å²) >= 11 is 0. The van der Waals surface area contributed by atoms with Crippen LogP contribution in [0.25, 0.3) is 0 Å². The molecule has 0 saturated heterocycles. The largest absolute Gasteiger partial charge is 0.472 e. The van der Waals surface area contributed by atoms with Crippen molar-refractivity contribution in [2.24, 2.45) is 0 Å². The number of rotatable bonds is 39. The normalized spacial score (nSPS) is 14.6. The van der Waals surface area contributed by atoms with Crippen molar-refractivity contribution >= 4 is 19.8 Å². The lowest BCUT2D eigenvalue weighted by atomic mass is 10.0. The number of hydrogen-bond donors (Lipinski definition) is 1. The van der Waals surface area contributed by atoms with Crippen LogP contribution in [-0.4, -0.2) is 74.9 Å². The molecule has 0 heterocycles. The molecule has 1 N–H and O–H groups in total. The summed E-state index contributed by atoms with van der Waals surface area (Å²) < 4.78 is 42.4. The van der Waals surface area contributed by atoms with Crippen molar-refractivity contribution in [1.82, 2.24) is 0 Å². The van der Waals surface area contributed by atoms with Crippen molar-refractivity contribution in [2.45, 2.75) is 200 Å². The van der Waals surface area contributed by atoms with Gasteiger partial charge in [-0.1, -0.05) is 154 Å². The summed E-state index contributed by atoms with van der Waals surface area (Å²) in [4.78, 5) is 35.3. The molecule has 0 radical (unpaired) electrons. The number of hydrogen-bond acceptors (Lipinski definition) is 7. The average Bonchev–Trinajstić information content (AvgIpc) is 3.10. The second-order valence-electron chi connectivity index (χ2n) is 15.6. The van der Waals surface area contributed by atoms with Crippen molar-refractivity contribution in [3.8, 4) is 0 Å². The van der Waals surface area contributed by atoms with Crippen LogP contribution >= 0.6 is 7.82 Å². The molecule has 0 aliphatic rings. The summed E-state index contributed by atoms with van der Waals surface area (Å²) in [5.41, 5.74) is 0. The van der Waals surface area contributed by atoms with Crippen LogP contribution in [0.3, 0.4) is 0 Å². The number of carbonyl (C=O) groups is 2. The van der Waals surface area contributed by atoms with Crippen LogP contribution in [0.4, 0.5) is 0 Å². The molecular formula is C42H83NO8P+. The number of phosphoric ester groups is 1. The fourth-order valence-electron chi connectivity index (χ4n) is 5.76. The lowest BCUT2D eigenvalue weighted by Gasteiger charge is -2.24. The van der Waals surface area contributed by atoms with E-state index >= 15 is 0 Å². The number of carbonyl (C=O) groups excluding carboxylic acids is 2. The molecule has 3 atom stereocenters. The van der Waals surface area contributed by atoms with E-state index in [0.29, 0.717) is 17.4 Å². The number of nitrogens with zero attached hydrogens (tertiary/aromatic N) is 1. The Balaban J connectivity index is 4.42. The maximum atomic E-state index is 12.7.